The average molecular weight is 358 g/mol. The molecule has 0 saturated heterocycles. The molecule has 6 heteroatoms. The molecular weight excluding hydrogens is 336 g/mol. The van der Waals surface area contributed by atoms with Gasteiger partial charge >= 0.3 is 0 Å². The van der Waals surface area contributed by atoms with Crippen LogP contribution in [-0.2, 0) is 16.6 Å². The second-order valence-corrected chi connectivity index (χ2v) is 8.03. The Labute approximate surface area is 150 Å². The molecular formula is C19H22N2O3S. The molecule has 3 rings (SSSR count). The Morgan fingerprint density at radius 3 is 2.76 bits per heavy atom. The number of aromatic hydroxyl groups is 1. The van der Waals surface area contributed by atoms with Gasteiger partial charge < -0.3 is 10.4 Å². The minimum atomic E-state index is -0.883. The zero-order valence-corrected chi connectivity index (χ0v) is 14.8. The molecule has 1 aliphatic rings. The van der Waals surface area contributed by atoms with Gasteiger partial charge in [0.05, 0.1) is 0 Å². The summed E-state index contributed by atoms with van der Waals surface area (Å²) in [5, 5.41) is 12.7. The van der Waals surface area contributed by atoms with Crippen LogP contribution in [0.15, 0.2) is 42.6 Å². The van der Waals surface area contributed by atoms with Gasteiger partial charge in [0.15, 0.2) is 5.69 Å². The van der Waals surface area contributed by atoms with Gasteiger partial charge in [-0.2, -0.15) is 0 Å². The van der Waals surface area contributed by atoms with Crippen LogP contribution in [0.25, 0.3) is 0 Å². The molecule has 1 heterocycles. The number of hydrogen-bond donors (Lipinski definition) is 2. The number of nitrogens with zero attached hydrogens (tertiary/aromatic N) is 1. The van der Waals surface area contributed by atoms with Crippen molar-refractivity contribution in [3.05, 3.63) is 53.9 Å². The van der Waals surface area contributed by atoms with Crippen molar-refractivity contribution < 1.29 is 14.1 Å². The van der Waals surface area contributed by atoms with E-state index in [-0.39, 0.29) is 16.7 Å². The number of aromatic nitrogens is 1. The van der Waals surface area contributed by atoms with Crippen molar-refractivity contribution in [2.75, 3.05) is 5.32 Å². The Morgan fingerprint density at radius 2 is 2.00 bits per heavy atom. The third kappa shape index (κ3) is 4.66. The third-order valence-corrected chi connectivity index (χ3v) is 6.25. The molecule has 25 heavy (non-hydrogen) atoms. The number of pyridine rings is 1. The van der Waals surface area contributed by atoms with Gasteiger partial charge in [-0.3, -0.25) is 9.00 Å². The lowest BCUT2D eigenvalue weighted by molar-refractivity contribution is 0.101. The van der Waals surface area contributed by atoms with Crippen LogP contribution in [0.5, 0.6) is 5.75 Å². The van der Waals surface area contributed by atoms with Crippen LogP contribution in [0.3, 0.4) is 0 Å². The average Bonchev–Trinajstić information content (AvgIpc) is 2.63. The standard InChI is InChI=1S/C19H22N2O3S/c22-17-10-5-11-20-18(17)19(23)21-15-7-4-6-14(12-15)13-25(24)16-8-2-1-3-9-16/h4-7,10-12,16,22H,1-3,8-9,13H2,(H,21,23)/t25-/m1/s1. The SMILES string of the molecule is O=C(Nc1cccc(C[S@@](=O)C2CCCCC2)c1)c1ncccc1O. The van der Waals surface area contributed by atoms with Crippen LogP contribution < -0.4 is 5.32 Å². The van der Waals surface area contributed by atoms with Crippen molar-refractivity contribution in [1.82, 2.24) is 4.98 Å². The predicted octanol–water partition coefficient (Wildman–Crippen LogP) is 3.62. The first-order valence-electron chi connectivity index (χ1n) is 8.55. The fourth-order valence-electron chi connectivity index (χ4n) is 3.11. The van der Waals surface area contributed by atoms with Gasteiger partial charge in [-0.1, -0.05) is 31.4 Å². The lowest BCUT2D eigenvalue weighted by Crippen LogP contribution is -2.20. The van der Waals surface area contributed by atoms with Crippen molar-refractivity contribution in [3.63, 3.8) is 0 Å². The van der Waals surface area contributed by atoms with Crippen molar-refractivity contribution in [2.45, 2.75) is 43.1 Å². The first-order chi connectivity index (χ1) is 12.1. The van der Waals surface area contributed by atoms with Crippen molar-refractivity contribution >= 4 is 22.4 Å². The second kappa shape index (κ2) is 8.25. The Balaban J connectivity index is 1.66. The van der Waals surface area contributed by atoms with Crippen LogP contribution in [0.4, 0.5) is 5.69 Å². The number of rotatable bonds is 5. The molecule has 1 aromatic carbocycles. The van der Waals surface area contributed by atoms with E-state index < -0.39 is 16.7 Å². The van der Waals surface area contributed by atoms with Gasteiger partial charge in [-0.15, -0.1) is 0 Å². The van der Waals surface area contributed by atoms with Crippen molar-refractivity contribution in [2.24, 2.45) is 0 Å². The molecule has 2 N–H and O–H groups in total. The number of anilines is 1. The molecule has 0 unspecified atom stereocenters. The second-order valence-electron chi connectivity index (χ2n) is 6.31. The van der Waals surface area contributed by atoms with E-state index in [9.17, 15) is 14.1 Å². The molecule has 2 aromatic rings. The van der Waals surface area contributed by atoms with E-state index in [0.717, 1.165) is 18.4 Å². The maximum Gasteiger partial charge on any atom is 0.278 e. The summed E-state index contributed by atoms with van der Waals surface area (Å²) in [5.74, 6) is -0.123. The molecule has 0 spiro atoms. The molecule has 132 valence electrons. The van der Waals surface area contributed by atoms with Crippen molar-refractivity contribution in [3.8, 4) is 5.75 Å². The maximum atomic E-state index is 12.5. The summed E-state index contributed by atoms with van der Waals surface area (Å²) in [6.45, 7) is 0. The van der Waals surface area contributed by atoms with Gasteiger partial charge in [0.25, 0.3) is 5.91 Å². The zero-order chi connectivity index (χ0) is 17.6. The predicted molar refractivity (Wildman–Crippen MR) is 99.0 cm³/mol. The van der Waals surface area contributed by atoms with E-state index in [0.29, 0.717) is 11.4 Å². The molecule has 1 aromatic heterocycles. The summed E-state index contributed by atoms with van der Waals surface area (Å²) in [6, 6.07) is 10.3. The smallest absolute Gasteiger partial charge is 0.278 e. The highest BCUT2D eigenvalue weighted by atomic mass is 32.2. The Kier molecular flexibility index (Phi) is 5.81. The van der Waals surface area contributed by atoms with Gasteiger partial charge in [0.1, 0.15) is 5.75 Å². The van der Waals surface area contributed by atoms with Gasteiger partial charge in [-0.25, -0.2) is 4.98 Å². The molecule has 0 bridgehead atoms. The summed E-state index contributed by atoms with van der Waals surface area (Å²) < 4.78 is 12.5. The lowest BCUT2D eigenvalue weighted by Gasteiger charge is -2.21. The molecule has 1 amide bonds. The number of amides is 1. The highest BCUT2D eigenvalue weighted by Crippen LogP contribution is 2.24. The minimum Gasteiger partial charge on any atom is -0.505 e. The van der Waals surface area contributed by atoms with E-state index in [2.05, 4.69) is 10.3 Å². The molecule has 5 nitrogen and oxygen atoms in total. The van der Waals surface area contributed by atoms with Crippen LogP contribution in [0, 0.1) is 0 Å². The van der Waals surface area contributed by atoms with Gasteiger partial charge in [-0.05, 0) is 42.7 Å². The van der Waals surface area contributed by atoms with Crippen LogP contribution in [0.1, 0.15) is 48.2 Å². The first kappa shape index (κ1) is 17.6. The quantitative estimate of drug-likeness (QED) is 0.855. The van der Waals surface area contributed by atoms with Crippen LogP contribution in [-0.4, -0.2) is 25.5 Å². The van der Waals surface area contributed by atoms with E-state index in [1.54, 1.807) is 12.1 Å². The van der Waals surface area contributed by atoms with Gasteiger partial charge in [0.2, 0.25) is 0 Å². The molecule has 0 radical (unpaired) electrons. The fraction of sp³-hybridized carbons (Fsp3) is 0.368. The largest absolute Gasteiger partial charge is 0.505 e. The Bertz CT molecular complexity index is 773. The molecule has 1 fully saturated rings. The number of carbonyl (C=O) groups excluding carboxylic acids is 1. The topological polar surface area (TPSA) is 79.3 Å². The van der Waals surface area contributed by atoms with E-state index in [1.165, 1.54) is 31.5 Å². The Morgan fingerprint density at radius 1 is 1.20 bits per heavy atom. The number of carbonyl (C=O) groups is 1. The maximum absolute atomic E-state index is 12.5. The van der Waals surface area contributed by atoms with E-state index in [4.69, 9.17) is 0 Å². The van der Waals surface area contributed by atoms with Crippen LogP contribution >= 0.6 is 0 Å². The molecule has 1 atom stereocenters. The third-order valence-electron chi connectivity index (χ3n) is 4.42. The number of nitrogens with one attached hydrogen (secondary N) is 1. The van der Waals surface area contributed by atoms with Crippen molar-refractivity contribution in [1.29, 1.82) is 0 Å². The van der Waals surface area contributed by atoms with Gasteiger partial charge in [0, 0.05) is 33.7 Å². The highest BCUT2D eigenvalue weighted by Gasteiger charge is 2.20. The summed E-state index contributed by atoms with van der Waals surface area (Å²) >= 11 is 0. The normalized spacial score (nSPS) is 16.3. The minimum absolute atomic E-state index is 0.0151. The number of benzene rings is 1. The molecule has 0 aliphatic heterocycles. The first-order valence-corrected chi connectivity index (χ1v) is 9.93. The van der Waals surface area contributed by atoms with Crippen LogP contribution in [0.2, 0.25) is 0 Å². The monoisotopic (exact) mass is 358 g/mol. The number of hydrogen-bond acceptors (Lipinski definition) is 4. The van der Waals surface area contributed by atoms with E-state index in [1.807, 2.05) is 18.2 Å². The summed E-state index contributed by atoms with van der Waals surface area (Å²) in [7, 11) is -0.883. The summed E-state index contributed by atoms with van der Waals surface area (Å²) in [4.78, 5) is 16.1. The molecule has 1 aliphatic carbocycles. The zero-order valence-electron chi connectivity index (χ0n) is 14.0. The highest BCUT2D eigenvalue weighted by molar-refractivity contribution is 7.84. The summed E-state index contributed by atoms with van der Waals surface area (Å²) in [6.07, 6.45) is 7.12. The molecule has 1 saturated carbocycles. The van der Waals surface area contributed by atoms with E-state index >= 15 is 0 Å². The fourth-order valence-corrected chi connectivity index (χ4v) is 4.71. The Hall–Kier alpha value is -2.21. The lowest BCUT2D eigenvalue weighted by atomic mass is 10.0. The summed E-state index contributed by atoms with van der Waals surface area (Å²) in [5.41, 5.74) is 1.53.